The maximum atomic E-state index is 5.55. The van der Waals surface area contributed by atoms with Crippen LogP contribution >= 0.6 is 0 Å². The van der Waals surface area contributed by atoms with E-state index in [0.29, 0.717) is 0 Å². The zero-order valence-electron chi connectivity index (χ0n) is 10.2. The molecule has 0 heterocycles. The summed E-state index contributed by atoms with van der Waals surface area (Å²) in [6, 6.07) is 2.48. The molecule has 0 aliphatic rings. The summed E-state index contributed by atoms with van der Waals surface area (Å²) in [7, 11) is 0.310. The molecule has 0 atom stereocenters. The molecule has 0 aromatic heterocycles. The second-order valence-electron chi connectivity index (χ2n) is 3.99. The van der Waals surface area contributed by atoms with E-state index in [1.54, 1.807) is 14.2 Å². The number of hydrogen-bond donors (Lipinski definition) is 0. The van der Waals surface area contributed by atoms with Crippen LogP contribution in [-0.4, -0.2) is 30.9 Å². The molecule has 0 amide bonds. The second kappa shape index (κ2) is 5.85. The molecule has 0 saturated carbocycles. The molecule has 14 heavy (non-hydrogen) atoms. The summed E-state index contributed by atoms with van der Waals surface area (Å²) in [6.45, 7) is 10.7. The van der Waals surface area contributed by atoms with Gasteiger partial charge in [-0.05, 0) is 12.2 Å². The van der Waals surface area contributed by atoms with Crippen LogP contribution in [-0.2, 0) is 8.85 Å². The molecule has 4 heteroatoms. The predicted octanol–water partition coefficient (Wildman–Crippen LogP) is 3.10. The first-order valence-electron chi connectivity index (χ1n) is 5.25. The average molecular weight is 232 g/mol. The van der Waals surface area contributed by atoms with Gasteiger partial charge in [0.1, 0.15) is 0 Å². The van der Waals surface area contributed by atoms with Crippen LogP contribution < -0.4 is 0 Å². The van der Waals surface area contributed by atoms with Crippen LogP contribution in [0.3, 0.4) is 0 Å². The van der Waals surface area contributed by atoms with Crippen molar-refractivity contribution in [3.8, 4) is 0 Å². The van der Waals surface area contributed by atoms with E-state index in [0.717, 1.165) is 5.67 Å². The summed E-state index contributed by atoms with van der Waals surface area (Å²) in [5, 5.41) is 0. The van der Waals surface area contributed by atoms with E-state index in [9.17, 15) is 0 Å². The molecule has 0 aromatic carbocycles. The lowest BCUT2D eigenvalue weighted by Crippen LogP contribution is -2.47. The Balaban J connectivity index is 4.64. The molecule has 0 N–H and O–H groups in total. The zero-order valence-corrected chi connectivity index (χ0v) is 12.2. The normalized spacial score (nSPS) is 12.9. The van der Waals surface area contributed by atoms with Crippen molar-refractivity contribution in [1.82, 2.24) is 0 Å². The van der Waals surface area contributed by atoms with Gasteiger partial charge in [0.05, 0.1) is 8.07 Å². The highest BCUT2D eigenvalue weighted by atomic mass is 28.4. The first-order valence-corrected chi connectivity index (χ1v) is 10.5. The fraction of sp³-hybridized carbons (Fsp3) is 0.800. The molecule has 84 valence electrons. The van der Waals surface area contributed by atoms with Gasteiger partial charge >= 0.3 is 8.56 Å². The van der Waals surface area contributed by atoms with Gasteiger partial charge in [0.2, 0.25) is 0 Å². The van der Waals surface area contributed by atoms with E-state index in [1.165, 1.54) is 12.1 Å². The summed E-state index contributed by atoms with van der Waals surface area (Å²) in [6.07, 6.45) is 0. The van der Waals surface area contributed by atoms with Crippen molar-refractivity contribution < 1.29 is 8.85 Å². The zero-order chi connectivity index (χ0) is 11.2. The first-order chi connectivity index (χ1) is 6.51. The summed E-state index contributed by atoms with van der Waals surface area (Å²) in [5.41, 5.74) is 3.33. The predicted molar refractivity (Wildman–Crippen MR) is 67.4 cm³/mol. The molecule has 2 nitrogen and oxygen atoms in total. The quantitative estimate of drug-likeness (QED) is 0.628. The maximum absolute atomic E-state index is 5.55. The minimum Gasteiger partial charge on any atom is -0.398 e. The fourth-order valence-corrected chi connectivity index (χ4v) is 11.8. The molecule has 0 fully saturated rings. The van der Waals surface area contributed by atoms with Crippen molar-refractivity contribution in [2.24, 2.45) is 0 Å². The van der Waals surface area contributed by atoms with Gasteiger partial charge in [0.15, 0.2) is 0 Å². The highest BCUT2D eigenvalue weighted by molar-refractivity contribution is 6.95. The summed E-state index contributed by atoms with van der Waals surface area (Å²) in [4.78, 5) is 0. The Morgan fingerprint density at radius 2 is 1.57 bits per heavy atom. The third kappa shape index (κ3) is 3.35. The molecule has 0 bridgehead atoms. The maximum Gasteiger partial charge on any atom is 0.331 e. The lowest BCUT2D eigenvalue weighted by atomic mass is 10.9. The van der Waals surface area contributed by atoms with Crippen molar-refractivity contribution in [2.45, 2.75) is 38.2 Å². The topological polar surface area (TPSA) is 18.5 Å². The minimum absolute atomic E-state index is 1.13. The lowest BCUT2D eigenvalue weighted by molar-refractivity contribution is 0.254. The molecule has 0 aliphatic carbocycles. The van der Waals surface area contributed by atoms with Crippen LogP contribution in [0.25, 0.3) is 0 Å². The highest BCUT2D eigenvalue weighted by Gasteiger charge is 2.39. The van der Waals surface area contributed by atoms with Gasteiger partial charge in [-0.15, -0.1) is 12.3 Å². The van der Waals surface area contributed by atoms with Crippen molar-refractivity contribution in [2.75, 3.05) is 14.2 Å². The lowest BCUT2D eigenvalue weighted by Gasteiger charge is -2.33. The number of hydrogen-bond acceptors (Lipinski definition) is 2. The molecule has 0 rings (SSSR count). The molecule has 0 unspecified atom stereocenters. The smallest absolute Gasteiger partial charge is 0.331 e. The van der Waals surface area contributed by atoms with Gasteiger partial charge in [-0.3, -0.25) is 0 Å². The molecule has 0 aromatic rings. The van der Waals surface area contributed by atoms with Gasteiger partial charge in [0.25, 0.3) is 0 Å². The summed E-state index contributed by atoms with van der Waals surface area (Å²) < 4.78 is 11.1. The highest BCUT2D eigenvalue weighted by Crippen LogP contribution is 2.28. The molecule has 0 spiro atoms. The van der Waals surface area contributed by atoms with Gasteiger partial charge in [-0.1, -0.05) is 25.9 Å². The molecule has 0 saturated heterocycles. The van der Waals surface area contributed by atoms with E-state index in [-0.39, 0.29) is 0 Å². The average Bonchev–Trinajstić information content (AvgIpc) is 2.26. The standard InChI is InChI=1S/C10H24O2Si2/c1-7-14(8-2,9-3)10-13(6,11-4)12-5/h7H,1,8-10H2,2-6H3. The molecule has 0 aliphatic heterocycles. The third-order valence-electron chi connectivity index (χ3n) is 3.38. The Kier molecular flexibility index (Phi) is 5.89. The fourth-order valence-electron chi connectivity index (χ4n) is 1.73. The van der Waals surface area contributed by atoms with Crippen LogP contribution in [0.4, 0.5) is 0 Å². The van der Waals surface area contributed by atoms with Gasteiger partial charge in [-0.25, -0.2) is 0 Å². The van der Waals surface area contributed by atoms with Crippen LogP contribution in [0.15, 0.2) is 12.3 Å². The first kappa shape index (κ1) is 14.1. The van der Waals surface area contributed by atoms with Crippen molar-refractivity contribution in [1.29, 1.82) is 0 Å². The van der Waals surface area contributed by atoms with Crippen LogP contribution in [0, 0.1) is 0 Å². The Morgan fingerprint density at radius 3 is 1.79 bits per heavy atom. The second-order valence-corrected chi connectivity index (χ2v) is 13.0. The molecular weight excluding hydrogens is 208 g/mol. The van der Waals surface area contributed by atoms with Gasteiger partial charge < -0.3 is 8.85 Å². The van der Waals surface area contributed by atoms with E-state index in [2.05, 4.69) is 32.7 Å². The monoisotopic (exact) mass is 232 g/mol. The van der Waals surface area contributed by atoms with Crippen molar-refractivity contribution in [3.05, 3.63) is 12.3 Å². The Morgan fingerprint density at radius 1 is 1.14 bits per heavy atom. The summed E-state index contributed by atoms with van der Waals surface area (Å²) in [5.74, 6) is 0. The third-order valence-corrected chi connectivity index (χ3v) is 14.2. The molecule has 0 radical (unpaired) electrons. The number of rotatable bonds is 7. The van der Waals surface area contributed by atoms with Crippen molar-refractivity contribution >= 4 is 16.6 Å². The van der Waals surface area contributed by atoms with Gasteiger partial charge in [0, 0.05) is 14.2 Å². The van der Waals surface area contributed by atoms with E-state index < -0.39 is 16.6 Å². The van der Waals surface area contributed by atoms with Crippen molar-refractivity contribution in [3.63, 3.8) is 0 Å². The van der Waals surface area contributed by atoms with Crippen LogP contribution in [0.2, 0.25) is 24.3 Å². The SMILES string of the molecule is C=C[Si](CC)(CC)C[Si](C)(OC)OC. The van der Waals surface area contributed by atoms with Crippen LogP contribution in [0.1, 0.15) is 13.8 Å². The summed E-state index contributed by atoms with van der Waals surface area (Å²) >= 11 is 0. The van der Waals surface area contributed by atoms with Gasteiger partial charge in [-0.2, -0.15) is 0 Å². The Bertz CT molecular complexity index is 175. The van der Waals surface area contributed by atoms with Crippen LogP contribution in [0.5, 0.6) is 0 Å². The Labute approximate surface area is 90.6 Å². The minimum atomic E-state index is -1.91. The Hall–Kier alpha value is 0.0938. The van der Waals surface area contributed by atoms with E-state index >= 15 is 0 Å². The van der Waals surface area contributed by atoms with E-state index in [1.807, 2.05) is 0 Å². The molecular formula is C10H24O2Si2. The largest absolute Gasteiger partial charge is 0.398 e. The van der Waals surface area contributed by atoms with E-state index in [4.69, 9.17) is 8.85 Å².